The summed E-state index contributed by atoms with van der Waals surface area (Å²) >= 11 is 0. The minimum Gasteiger partial charge on any atom is -0.479 e. The van der Waals surface area contributed by atoms with Gasteiger partial charge in [-0.05, 0) is 0 Å². The predicted octanol–water partition coefficient (Wildman–Crippen LogP) is -3.19. The molecular weight excluding hydrogens is 188 g/mol. The molecule has 0 aromatic rings. The maximum Gasteiger partial charge on any atom is 0.360 e. The van der Waals surface area contributed by atoms with Crippen LogP contribution < -0.4 is 0 Å². The van der Waals surface area contributed by atoms with E-state index < -0.39 is 30.9 Å². The number of rotatable bonds is 3. The second-order valence-electron chi connectivity index (χ2n) is 1.75. The van der Waals surface area contributed by atoms with E-state index in [2.05, 4.69) is 0 Å². The Morgan fingerprint density at radius 2 is 1.31 bits per heavy atom. The van der Waals surface area contributed by atoms with Crippen molar-refractivity contribution in [2.45, 2.75) is 12.4 Å². The van der Waals surface area contributed by atoms with Crippen molar-refractivity contribution in [3.05, 3.63) is 0 Å². The number of aliphatic hydroxyl groups is 4. The molecule has 0 aliphatic rings. The Morgan fingerprint density at radius 1 is 1.00 bits per heavy atom. The van der Waals surface area contributed by atoms with Crippen molar-refractivity contribution in [3.63, 3.8) is 0 Å². The molecule has 8 heteroatoms. The first kappa shape index (κ1) is 14.3. The zero-order chi connectivity index (χ0) is 11.0. The summed E-state index contributed by atoms with van der Waals surface area (Å²) in [5.74, 6) is -3.03. The van der Waals surface area contributed by atoms with Gasteiger partial charge in [0.05, 0.1) is 6.61 Å². The number of hydrogen-bond acceptors (Lipinski definition) is 6. The molecule has 8 nitrogen and oxygen atoms in total. The minimum absolute atomic E-state index is 0.727. The molecule has 0 radical (unpaired) electrons. The largest absolute Gasteiger partial charge is 0.479 e. The fourth-order valence-corrected chi connectivity index (χ4v) is 0.0781. The number of hydrogen-bond donors (Lipinski definition) is 6. The average molecular weight is 198 g/mol. The molecule has 6 N–H and O–H groups in total. The molecule has 13 heavy (non-hydrogen) atoms. The van der Waals surface area contributed by atoms with Gasteiger partial charge >= 0.3 is 11.9 Å². The van der Waals surface area contributed by atoms with Crippen molar-refractivity contribution in [2.24, 2.45) is 0 Å². The van der Waals surface area contributed by atoms with Gasteiger partial charge in [-0.3, -0.25) is 0 Å². The summed E-state index contributed by atoms with van der Waals surface area (Å²) in [6.07, 6.45) is -3.86. The molecule has 0 heterocycles. The average Bonchev–Trinajstić information content (AvgIpc) is 2.03. The highest BCUT2D eigenvalue weighted by atomic mass is 16.5. The minimum atomic E-state index is -2.23. The molecule has 0 aromatic carbocycles. The van der Waals surface area contributed by atoms with Crippen molar-refractivity contribution in [1.29, 1.82) is 0 Å². The van der Waals surface area contributed by atoms with Gasteiger partial charge < -0.3 is 30.6 Å². The van der Waals surface area contributed by atoms with Gasteiger partial charge in [0.2, 0.25) is 0 Å². The molecule has 0 aromatic heterocycles. The Balaban J connectivity index is 0. The third-order valence-corrected chi connectivity index (χ3v) is 0.679. The molecule has 1 atom stereocenters. The Labute approximate surface area is 72.3 Å². The quantitative estimate of drug-likeness (QED) is 0.259. The van der Waals surface area contributed by atoms with Crippen molar-refractivity contribution in [3.8, 4) is 0 Å². The van der Waals surface area contributed by atoms with E-state index in [1.54, 1.807) is 0 Å². The third-order valence-electron chi connectivity index (χ3n) is 0.679. The Morgan fingerprint density at radius 3 is 1.31 bits per heavy atom. The highest BCUT2D eigenvalue weighted by Gasteiger charge is 2.08. The molecular formula is C5H10O8. The van der Waals surface area contributed by atoms with Gasteiger partial charge in [0.1, 0.15) is 0 Å². The number of carboxylic acid groups (broad SMARTS) is 2. The Kier molecular flexibility index (Phi) is 8.18. The first-order valence-corrected chi connectivity index (χ1v) is 2.93. The van der Waals surface area contributed by atoms with Crippen LogP contribution in [0.2, 0.25) is 0 Å². The normalized spacial score (nSPS) is 11.5. The molecule has 0 amide bonds. The Hall–Kier alpha value is -1.22. The maximum atomic E-state index is 9.52. The first-order chi connectivity index (χ1) is 5.82. The van der Waals surface area contributed by atoms with E-state index in [1.165, 1.54) is 0 Å². The van der Waals surface area contributed by atoms with Crippen LogP contribution in [0.1, 0.15) is 0 Å². The van der Waals surface area contributed by atoms with E-state index in [1.807, 2.05) is 0 Å². The predicted molar refractivity (Wildman–Crippen MR) is 36.6 cm³/mol. The van der Waals surface area contributed by atoms with Gasteiger partial charge in [-0.1, -0.05) is 0 Å². The number of carboxylic acids is 2. The van der Waals surface area contributed by atoms with Crippen molar-refractivity contribution in [1.82, 2.24) is 0 Å². The maximum absolute atomic E-state index is 9.52. The lowest BCUT2D eigenvalue weighted by molar-refractivity contribution is -0.165. The highest BCUT2D eigenvalue weighted by Crippen LogP contribution is 1.75. The number of carbonyl (C=O) groups is 2. The van der Waals surface area contributed by atoms with Crippen LogP contribution in [0.25, 0.3) is 0 Å². The fourth-order valence-electron chi connectivity index (χ4n) is 0.0781. The van der Waals surface area contributed by atoms with E-state index in [0.717, 1.165) is 0 Å². The van der Waals surface area contributed by atoms with Crippen molar-refractivity contribution < 1.29 is 40.2 Å². The summed E-state index contributed by atoms with van der Waals surface area (Å²) in [7, 11) is 0. The Bertz CT molecular complexity index is 164. The molecule has 0 bridgehead atoms. The summed E-state index contributed by atoms with van der Waals surface area (Å²) in [4.78, 5) is 18.7. The van der Waals surface area contributed by atoms with Gasteiger partial charge in [0, 0.05) is 0 Å². The summed E-state index contributed by atoms with van der Waals surface area (Å²) < 4.78 is 0. The van der Waals surface area contributed by atoms with Crippen LogP contribution in [0.3, 0.4) is 0 Å². The molecule has 0 aliphatic heterocycles. The lowest BCUT2D eigenvalue weighted by Gasteiger charge is -1.95. The van der Waals surface area contributed by atoms with Crippen LogP contribution >= 0.6 is 0 Å². The molecule has 0 saturated carbocycles. The van der Waals surface area contributed by atoms with Gasteiger partial charge in [-0.15, -0.1) is 0 Å². The van der Waals surface area contributed by atoms with Crippen LogP contribution in [-0.2, 0) is 9.59 Å². The van der Waals surface area contributed by atoms with E-state index in [0.29, 0.717) is 0 Å². The third kappa shape index (κ3) is 10.8. The molecule has 1 unspecified atom stereocenters. The standard InChI is InChI=1S/C3H6O4.C2H4O4/c4-1-2(5)3(6)7;3-1(4)2(5)6/h2,4-5H,1H2,(H,6,7);1,3-4H,(H,5,6). The smallest absolute Gasteiger partial charge is 0.360 e. The lowest BCUT2D eigenvalue weighted by Crippen LogP contribution is -2.22. The van der Waals surface area contributed by atoms with E-state index >= 15 is 0 Å². The fraction of sp³-hybridized carbons (Fsp3) is 0.600. The van der Waals surface area contributed by atoms with E-state index in [4.69, 9.17) is 30.6 Å². The zero-order valence-electron chi connectivity index (χ0n) is 6.36. The zero-order valence-corrected chi connectivity index (χ0v) is 6.36. The van der Waals surface area contributed by atoms with Crippen molar-refractivity contribution in [2.75, 3.05) is 6.61 Å². The van der Waals surface area contributed by atoms with Crippen molar-refractivity contribution >= 4 is 11.9 Å². The van der Waals surface area contributed by atoms with Crippen LogP contribution in [0.5, 0.6) is 0 Å². The lowest BCUT2D eigenvalue weighted by atomic mass is 10.4. The van der Waals surface area contributed by atoms with Crippen LogP contribution in [0.4, 0.5) is 0 Å². The molecule has 0 saturated heterocycles. The van der Waals surface area contributed by atoms with Crippen LogP contribution in [-0.4, -0.2) is 61.6 Å². The topological polar surface area (TPSA) is 156 Å². The molecule has 0 fully saturated rings. The number of aliphatic carboxylic acids is 2. The van der Waals surface area contributed by atoms with Gasteiger partial charge in [0.25, 0.3) is 6.29 Å². The molecule has 0 aliphatic carbocycles. The monoisotopic (exact) mass is 198 g/mol. The molecule has 78 valence electrons. The number of aliphatic hydroxyl groups excluding tert-OH is 3. The van der Waals surface area contributed by atoms with Gasteiger partial charge in [0.15, 0.2) is 6.10 Å². The SMILES string of the molecule is O=C(O)C(O)CO.O=C(O)C(O)O. The first-order valence-electron chi connectivity index (χ1n) is 2.93. The summed E-state index contributed by atoms with van der Waals surface area (Å²) in [6.45, 7) is -0.727. The van der Waals surface area contributed by atoms with Crippen LogP contribution in [0.15, 0.2) is 0 Å². The van der Waals surface area contributed by atoms with Gasteiger partial charge in [-0.2, -0.15) is 0 Å². The second-order valence-corrected chi connectivity index (χ2v) is 1.75. The van der Waals surface area contributed by atoms with Crippen LogP contribution in [0, 0.1) is 0 Å². The van der Waals surface area contributed by atoms with E-state index in [-0.39, 0.29) is 0 Å². The second kappa shape index (κ2) is 7.43. The van der Waals surface area contributed by atoms with Gasteiger partial charge in [-0.25, -0.2) is 9.59 Å². The summed E-state index contributed by atoms with van der Waals surface area (Å²) in [5.41, 5.74) is 0. The summed E-state index contributed by atoms with van der Waals surface area (Å²) in [5, 5.41) is 46.4. The molecule has 0 spiro atoms. The summed E-state index contributed by atoms with van der Waals surface area (Å²) in [6, 6.07) is 0. The molecule has 0 rings (SSSR count). The van der Waals surface area contributed by atoms with E-state index in [9.17, 15) is 9.59 Å². The highest BCUT2D eigenvalue weighted by molar-refractivity contribution is 5.71.